The fourth-order valence-corrected chi connectivity index (χ4v) is 4.81. The molecule has 0 bridgehead atoms. The highest BCUT2D eigenvalue weighted by Crippen LogP contribution is 2.33. The predicted octanol–water partition coefficient (Wildman–Crippen LogP) is 6.02. The highest BCUT2D eigenvalue weighted by molar-refractivity contribution is 6.32. The number of imidazole rings is 1. The van der Waals surface area contributed by atoms with Gasteiger partial charge in [-0.15, -0.1) is 0 Å². The van der Waals surface area contributed by atoms with Gasteiger partial charge in [0.15, 0.2) is 0 Å². The highest BCUT2D eigenvalue weighted by atomic mass is 35.5. The first-order valence-electron chi connectivity index (χ1n) is 12.2. The number of rotatable bonds is 7. The first-order chi connectivity index (χ1) is 18.8. The smallest absolute Gasteiger partial charge is 0.315 e. The standard InChI is InChI=1S/C29H25Cl2N5O3/c1-16-25(37)21-14-19(10-11-22(21)33-28(16)38)24-26(31)36-27(35-24)23(13-17-6-3-2-4-7-17)34-29(39)32-15-18-8-5-9-20(30)12-18/h2-12,14,23H,13,15H2,1H3,(H,35,36)(H2,32,34,39)(H2,33,37,38). The van der Waals surface area contributed by atoms with Crippen LogP contribution in [0.5, 0.6) is 5.75 Å². The van der Waals surface area contributed by atoms with Crippen molar-refractivity contribution in [3.63, 3.8) is 0 Å². The molecular formula is C29H25Cl2N5O3. The first-order valence-corrected chi connectivity index (χ1v) is 13.0. The largest absolute Gasteiger partial charge is 0.507 e. The lowest BCUT2D eigenvalue weighted by atomic mass is 10.1. The van der Waals surface area contributed by atoms with Gasteiger partial charge in [0, 0.05) is 22.5 Å². The second-order valence-corrected chi connectivity index (χ2v) is 9.99. The molecule has 1 atom stereocenters. The Morgan fingerprint density at radius 1 is 1.00 bits per heavy atom. The van der Waals surface area contributed by atoms with Gasteiger partial charge in [-0.05, 0) is 48.7 Å². The SMILES string of the molecule is Cc1c(O)c2cc(-c3nc(C(Cc4ccccc4)NC(=O)NCc4cccc(Cl)c4)[nH]c3Cl)ccc2[nH]c1=O. The van der Waals surface area contributed by atoms with Gasteiger partial charge in [0.1, 0.15) is 22.4 Å². The summed E-state index contributed by atoms with van der Waals surface area (Å²) in [7, 11) is 0. The summed E-state index contributed by atoms with van der Waals surface area (Å²) < 4.78 is 0. The van der Waals surface area contributed by atoms with Crippen LogP contribution in [0.3, 0.4) is 0 Å². The number of hydrogen-bond donors (Lipinski definition) is 5. The quantitative estimate of drug-likeness (QED) is 0.166. The molecule has 0 aliphatic heterocycles. The molecule has 0 aliphatic carbocycles. The lowest BCUT2D eigenvalue weighted by Crippen LogP contribution is -2.38. The number of aromatic hydroxyl groups is 1. The molecule has 5 aromatic rings. The number of hydrogen-bond acceptors (Lipinski definition) is 4. The van der Waals surface area contributed by atoms with Gasteiger partial charge in [-0.1, -0.05) is 71.7 Å². The minimum absolute atomic E-state index is 0.0949. The van der Waals surface area contributed by atoms with Crippen LogP contribution in [0.1, 0.15) is 28.6 Å². The Morgan fingerprint density at radius 2 is 1.77 bits per heavy atom. The van der Waals surface area contributed by atoms with Crippen LogP contribution in [0.2, 0.25) is 10.2 Å². The van der Waals surface area contributed by atoms with E-state index >= 15 is 0 Å². The number of urea groups is 1. The zero-order chi connectivity index (χ0) is 27.5. The van der Waals surface area contributed by atoms with Gasteiger partial charge in [0.2, 0.25) is 0 Å². The van der Waals surface area contributed by atoms with Gasteiger partial charge in [-0.2, -0.15) is 0 Å². The summed E-state index contributed by atoms with van der Waals surface area (Å²) in [4.78, 5) is 35.5. The lowest BCUT2D eigenvalue weighted by molar-refractivity contribution is 0.236. The van der Waals surface area contributed by atoms with E-state index in [-0.39, 0.29) is 28.1 Å². The summed E-state index contributed by atoms with van der Waals surface area (Å²) in [5.74, 6) is 0.376. The Kier molecular flexibility index (Phi) is 7.58. The van der Waals surface area contributed by atoms with Gasteiger partial charge in [0.25, 0.3) is 5.56 Å². The van der Waals surface area contributed by atoms with Crippen molar-refractivity contribution in [1.82, 2.24) is 25.6 Å². The summed E-state index contributed by atoms with van der Waals surface area (Å²) in [6.07, 6.45) is 0.466. The molecule has 39 heavy (non-hydrogen) atoms. The molecule has 198 valence electrons. The molecule has 8 nitrogen and oxygen atoms in total. The highest BCUT2D eigenvalue weighted by Gasteiger charge is 2.22. The van der Waals surface area contributed by atoms with Crippen LogP contribution >= 0.6 is 23.2 Å². The molecule has 2 aromatic heterocycles. The van der Waals surface area contributed by atoms with Crippen LogP contribution in [-0.2, 0) is 13.0 Å². The Morgan fingerprint density at radius 3 is 2.54 bits per heavy atom. The molecule has 0 spiro atoms. The van der Waals surface area contributed by atoms with Gasteiger partial charge >= 0.3 is 6.03 Å². The molecule has 0 radical (unpaired) electrons. The van der Waals surface area contributed by atoms with Crippen molar-refractivity contribution in [2.45, 2.75) is 25.9 Å². The lowest BCUT2D eigenvalue weighted by Gasteiger charge is -2.18. The normalized spacial score (nSPS) is 11.9. The molecule has 1 unspecified atom stereocenters. The summed E-state index contributed by atoms with van der Waals surface area (Å²) in [6, 6.07) is 21.3. The van der Waals surface area contributed by atoms with Crippen LogP contribution in [0.15, 0.2) is 77.6 Å². The number of nitrogens with zero attached hydrogens (tertiary/aromatic N) is 1. The van der Waals surface area contributed by atoms with Crippen LogP contribution in [0, 0.1) is 6.92 Å². The Hall–Kier alpha value is -4.27. The van der Waals surface area contributed by atoms with Crippen molar-refractivity contribution >= 4 is 40.1 Å². The third-order valence-electron chi connectivity index (χ3n) is 6.43. The maximum atomic E-state index is 12.9. The number of halogens is 2. The van der Waals surface area contributed by atoms with E-state index in [9.17, 15) is 14.7 Å². The van der Waals surface area contributed by atoms with Crippen LogP contribution in [0.4, 0.5) is 4.79 Å². The number of carbonyl (C=O) groups is 1. The topological polar surface area (TPSA) is 123 Å². The van der Waals surface area contributed by atoms with Crippen molar-refractivity contribution < 1.29 is 9.90 Å². The Labute approximate surface area is 234 Å². The minimum Gasteiger partial charge on any atom is -0.507 e. The van der Waals surface area contributed by atoms with E-state index in [1.165, 1.54) is 0 Å². The molecule has 10 heteroatoms. The third kappa shape index (κ3) is 5.92. The van der Waals surface area contributed by atoms with Gasteiger partial charge in [-0.3, -0.25) is 4.79 Å². The van der Waals surface area contributed by atoms with Crippen molar-refractivity contribution in [2.24, 2.45) is 0 Å². The molecular weight excluding hydrogens is 537 g/mol. The molecule has 2 amide bonds. The van der Waals surface area contributed by atoms with Gasteiger partial charge < -0.3 is 25.7 Å². The molecule has 0 fully saturated rings. The van der Waals surface area contributed by atoms with Crippen molar-refractivity contribution in [2.75, 3.05) is 0 Å². The number of amides is 2. The number of fused-ring (bicyclic) bond motifs is 1. The van der Waals surface area contributed by atoms with E-state index in [1.54, 1.807) is 37.3 Å². The first kappa shape index (κ1) is 26.3. The van der Waals surface area contributed by atoms with E-state index in [1.807, 2.05) is 42.5 Å². The van der Waals surface area contributed by atoms with E-state index < -0.39 is 6.04 Å². The predicted molar refractivity (Wildman–Crippen MR) is 153 cm³/mol. The summed E-state index contributed by atoms with van der Waals surface area (Å²) in [5.41, 5.74) is 3.34. The number of nitrogens with one attached hydrogen (secondary N) is 4. The summed E-state index contributed by atoms with van der Waals surface area (Å²) in [5, 5.41) is 17.8. The molecule has 0 saturated carbocycles. The Balaban J connectivity index is 1.43. The van der Waals surface area contributed by atoms with Crippen LogP contribution in [-0.4, -0.2) is 26.1 Å². The van der Waals surface area contributed by atoms with Gasteiger partial charge in [0.05, 0.1) is 17.1 Å². The van der Waals surface area contributed by atoms with Crippen molar-refractivity contribution in [3.05, 3.63) is 116 Å². The second-order valence-electron chi connectivity index (χ2n) is 9.17. The Bertz CT molecular complexity index is 1720. The zero-order valence-electron chi connectivity index (χ0n) is 20.9. The van der Waals surface area contributed by atoms with E-state index in [0.717, 1.165) is 11.1 Å². The number of aromatic nitrogens is 3. The molecule has 5 rings (SSSR count). The van der Waals surface area contributed by atoms with E-state index in [2.05, 4.69) is 20.6 Å². The summed E-state index contributed by atoms with van der Waals surface area (Å²) in [6.45, 7) is 1.86. The number of aromatic amines is 2. The number of pyridine rings is 1. The maximum Gasteiger partial charge on any atom is 0.315 e. The van der Waals surface area contributed by atoms with Crippen molar-refractivity contribution in [3.8, 4) is 17.0 Å². The molecule has 3 aromatic carbocycles. The monoisotopic (exact) mass is 561 g/mol. The van der Waals surface area contributed by atoms with Crippen LogP contribution in [0.25, 0.3) is 22.2 Å². The molecule has 0 aliphatic rings. The maximum absolute atomic E-state index is 12.9. The molecule has 0 saturated heterocycles. The average Bonchev–Trinajstić information content (AvgIpc) is 3.32. The third-order valence-corrected chi connectivity index (χ3v) is 6.94. The van der Waals surface area contributed by atoms with Crippen molar-refractivity contribution in [1.29, 1.82) is 0 Å². The average molecular weight is 562 g/mol. The number of carbonyl (C=O) groups excluding carboxylic acids is 1. The summed E-state index contributed by atoms with van der Waals surface area (Å²) >= 11 is 12.6. The van der Waals surface area contributed by atoms with E-state index in [4.69, 9.17) is 28.2 Å². The van der Waals surface area contributed by atoms with Crippen LogP contribution < -0.4 is 16.2 Å². The fourth-order valence-electron chi connectivity index (χ4n) is 4.35. The van der Waals surface area contributed by atoms with E-state index in [0.29, 0.717) is 46.0 Å². The number of benzene rings is 3. The minimum atomic E-state index is -0.523. The number of H-pyrrole nitrogens is 2. The van der Waals surface area contributed by atoms with Gasteiger partial charge in [-0.25, -0.2) is 9.78 Å². The molecule has 5 N–H and O–H groups in total. The fraction of sp³-hybridized carbons (Fsp3) is 0.138. The molecule has 2 heterocycles. The second kappa shape index (κ2) is 11.2. The zero-order valence-corrected chi connectivity index (χ0v) is 22.4.